The van der Waals surface area contributed by atoms with Crippen LogP contribution in [0.15, 0.2) is 30.5 Å². The van der Waals surface area contributed by atoms with Crippen molar-refractivity contribution in [2.75, 3.05) is 17.2 Å². The average molecular weight is 438 g/mol. The maximum Gasteiger partial charge on any atom is 0.264 e. The van der Waals surface area contributed by atoms with Gasteiger partial charge in [0.25, 0.3) is 6.43 Å². The van der Waals surface area contributed by atoms with E-state index in [1.165, 1.54) is 19.2 Å². The first kappa shape index (κ1) is 30.7. The largest absolute Gasteiger partial charge is 0.385 e. The summed E-state index contributed by atoms with van der Waals surface area (Å²) in [7, 11) is 0. The number of rotatable bonds is 3. The molecule has 0 saturated heterocycles. The Kier molecular flexibility index (Phi) is 18.1. The second-order valence-electron chi connectivity index (χ2n) is 5.54. The van der Waals surface area contributed by atoms with Crippen molar-refractivity contribution >= 4 is 17.4 Å². The fraction of sp³-hybridized carbons (Fsp3) is 0.520. The summed E-state index contributed by atoms with van der Waals surface area (Å²) in [5.74, 6) is 0.179. The van der Waals surface area contributed by atoms with Crippen LogP contribution >= 0.6 is 0 Å². The third-order valence-corrected chi connectivity index (χ3v) is 3.83. The summed E-state index contributed by atoms with van der Waals surface area (Å²) in [4.78, 5) is 15.1. The van der Waals surface area contributed by atoms with Gasteiger partial charge in [-0.3, -0.25) is 4.79 Å². The van der Waals surface area contributed by atoms with Crippen molar-refractivity contribution in [2.45, 2.75) is 81.6 Å². The minimum absolute atomic E-state index is 0.00720. The molecular formula is C25H41F2N3O. The van der Waals surface area contributed by atoms with E-state index >= 15 is 0 Å². The lowest BCUT2D eigenvalue weighted by Crippen LogP contribution is -2.12. The number of anilines is 2. The second kappa shape index (κ2) is 18.3. The van der Waals surface area contributed by atoms with Gasteiger partial charge in [-0.05, 0) is 48.2 Å². The van der Waals surface area contributed by atoms with E-state index in [1.807, 2.05) is 61.5 Å². The molecule has 1 aliphatic heterocycles. The fourth-order valence-electron chi connectivity index (χ4n) is 2.77. The van der Waals surface area contributed by atoms with E-state index in [0.717, 1.165) is 30.6 Å². The maximum atomic E-state index is 13.4. The summed E-state index contributed by atoms with van der Waals surface area (Å²) in [5, 5.41) is 5.73. The normalized spacial score (nSPS) is 10.7. The van der Waals surface area contributed by atoms with Crippen LogP contribution in [0.3, 0.4) is 0 Å². The van der Waals surface area contributed by atoms with Gasteiger partial charge in [-0.1, -0.05) is 55.4 Å². The molecule has 2 heterocycles. The average Bonchev–Trinajstić information content (AvgIpc) is 2.83. The molecule has 0 saturated carbocycles. The highest BCUT2D eigenvalue weighted by molar-refractivity contribution is 5.87. The number of pyridine rings is 1. The first-order valence-corrected chi connectivity index (χ1v) is 11.5. The molecule has 31 heavy (non-hydrogen) atoms. The highest BCUT2D eigenvalue weighted by Crippen LogP contribution is 2.37. The van der Waals surface area contributed by atoms with Crippen molar-refractivity contribution in [3.05, 3.63) is 41.6 Å². The minimum Gasteiger partial charge on any atom is -0.385 e. The molecule has 2 aromatic rings. The number of carbonyl (C=O) groups excluding carboxylic acids is 1. The summed E-state index contributed by atoms with van der Waals surface area (Å²) in [6, 6.07) is 6.67. The first-order valence-electron chi connectivity index (χ1n) is 11.5. The molecular weight excluding hydrogens is 396 g/mol. The topological polar surface area (TPSA) is 54.0 Å². The molecule has 1 aromatic carbocycles. The van der Waals surface area contributed by atoms with E-state index in [1.54, 1.807) is 12.1 Å². The lowest BCUT2D eigenvalue weighted by atomic mass is 9.93. The minimum atomic E-state index is -2.56. The SMILES string of the molecule is CC.CC.CC.CC.CC(=O)Nc1ccc(-c2cc3c(cc2C(F)F)NCCC3)cn1. The number of nitrogens with one attached hydrogen (secondary N) is 2. The summed E-state index contributed by atoms with van der Waals surface area (Å²) in [5.41, 5.74) is 2.93. The van der Waals surface area contributed by atoms with E-state index in [9.17, 15) is 13.6 Å². The van der Waals surface area contributed by atoms with Crippen LogP contribution < -0.4 is 10.6 Å². The molecule has 3 rings (SSSR count). The highest BCUT2D eigenvalue weighted by atomic mass is 19.3. The molecule has 0 atom stereocenters. The van der Waals surface area contributed by atoms with Crippen molar-refractivity contribution < 1.29 is 13.6 Å². The van der Waals surface area contributed by atoms with Crippen LogP contribution in [0.2, 0.25) is 0 Å². The Hall–Kier alpha value is -2.50. The fourth-order valence-corrected chi connectivity index (χ4v) is 2.77. The van der Waals surface area contributed by atoms with Crippen LogP contribution in [0.25, 0.3) is 11.1 Å². The lowest BCUT2D eigenvalue weighted by Gasteiger charge is -2.21. The zero-order chi connectivity index (χ0) is 24.4. The van der Waals surface area contributed by atoms with E-state index < -0.39 is 6.43 Å². The lowest BCUT2D eigenvalue weighted by molar-refractivity contribution is -0.114. The zero-order valence-corrected chi connectivity index (χ0v) is 20.7. The van der Waals surface area contributed by atoms with Gasteiger partial charge in [0.15, 0.2) is 0 Å². The molecule has 1 amide bonds. The number of nitrogens with zero attached hydrogens (tertiary/aromatic N) is 1. The molecule has 0 aliphatic carbocycles. The summed E-state index contributed by atoms with van der Waals surface area (Å²) in [6.45, 7) is 18.2. The number of carbonyl (C=O) groups is 1. The molecule has 6 heteroatoms. The van der Waals surface area contributed by atoms with Gasteiger partial charge < -0.3 is 10.6 Å². The molecule has 0 fully saturated rings. The first-order chi connectivity index (χ1) is 15.0. The number of hydrogen-bond acceptors (Lipinski definition) is 3. The van der Waals surface area contributed by atoms with E-state index in [2.05, 4.69) is 15.6 Å². The molecule has 1 aromatic heterocycles. The van der Waals surface area contributed by atoms with Crippen LogP contribution in [-0.4, -0.2) is 17.4 Å². The van der Waals surface area contributed by atoms with Crippen LogP contribution in [-0.2, 0) is 11.2 Å². The third kappa shape index (κ3) is 9.90. The monoisotopic (exact) mass is 437 g/mol. The molecule has 0 bridgehead atoms. The Bertz CT molecular complexity index is 732. The van der Waals surface area contributed by atoms with Crippen LogP contribution in [0.5, 0.6) is 0 Å². The van der Waals surface area contributed by atoms with Crippen molar-refractivity contribution in [1.82, 2.24) is 4.98 Å². The van der Waals surface area contributed by atoms with Gasteiger partial charge in [0.2, 0.25) is 5.91 Å². The number of fused-ring (bicyclic) bond motifs is 1. The number of halogens is 2. The summed E-state index contributed by atoms with van der Waals surface area (Å²) >= 11 is 0. The Labute approximate surface area is 187 Å². The van der Waals surface area contributed by atoms with Crippen LogP contribution in [0.4, 0.5) is 20.3 Å². The number of alkyl halides is 2. The second-order valence-corrected chi connectivity index (χ2v) is 5.54. The smallest absolute Gasteiger partial charge is 0.264 e. The predicted octanol–water partition coefficient (Wildman–Crippen LogP) is 8.11. The Morgan fingerprint density at radius 3 is 2.13 bits per heavy atom. The molecule has 0 spiro atoms. The number of benzene rings is 1. The van der Waals surface area contributed by atoms with Crippen LogP contribution in [0, 0.1) is 0 Å². The molecule has 0 unspecified atom stereocenters. The van der Waals surface area contributed by atoms with Gasteiger partial charge in [-0.25, -0.2) is 13.8 Å². The predicted molar refractivity (Wildman–Crippen MR) is 131 cm³/mol. The van der Waals surface area contributed by atoms with Gasteiger partial charge >= 0.3 is 0 Å². The van der Waals surface area contributed by atoms with Crippen LogP contribution in [0.1, 0.15) is 86.3 Å². The molecule has 4 nitrogen and oxygen atoms in total. The van der Waals surface area contributed by atoms with Crippen molar-refractivity contribution in [3.8, 4) is 11.1 Å². The number of amides is 1. The van der Waals surface area contributed by atoms with E-state index in [-0.39, 0.29) is 11.5 Å². The van der Waals surface area contributed by atoms with Gasteiger partial charge in [-0.2, -0.15) is 0 Å². The van der Waals surface area contributed by atoms with Crippen molar-refractivity contribution in [2.24, 2.45) is 0 Å². The quantitative estimate of drug-likeness (QED) is 0.510. The zero-order valence-electron chi connectivity index (χ0n) is 20.7. The van der Waals surface area contributed by atoms with Crippen molar-refractivity contribution in [1.29, 1.82) is 0 Å². The Morgan fingerprint density at radius 1 is 1.03 bits per heavy atom. The van der Waals surface area contributed by atoms with E-state index in [0.29, 0.717) is 16.9 Å². The third-order valence-electron chi connectivity index (χ3n) is 3.83. The molecule has 0 radical (unpaired) electrons. The highest BCUT2D eigenvalue weighted by Gasteiger charge is 2.19. The van der Waals surface area contributed by atoms with Gasteiger partial charge in [-0.15, -0.1) is 0 Å². The van der Waals surface area contributed by atoms with Gasteiger partial charge in [0.1, 0.15) is 5.82 Å². The number of aryl methyl sites for hydroxylation is 1. The number of aromatic nitrogens is 1. The standard InChI is InChI=1S/C17H17F2N3O.4C2H6/c1-10(23)22-16-5-4-12(9-21-16)13-7-11-3-2-6-20-15(11)8-14(13)17(18)19;4*1-2/h4-5,7-9,17,20H,2-3,6H2,1H3,(H,21,22,23);4*1-2H3. The Morgan fingerprint density at radius 2 is 1.65 bits per heavy atom. The van der Waals surface area contributed by atoms with Crippen molar-refractivity contribution in [3.63, 3.8) is 0 Å². The summed E-state index contributed by atoms with van der Waals surface area (Å²) < 4.78 is 26.9. The maximum absolute atomic E-state index is 13.4. The Balaban J connectivity index is 0. The molecule has 1 aliphatic rings. The van der Waals surface area contributed by atoms with E-state index in [4.69, 9.17) is 0 Å². The summed E-state index contributed by atoms with van der Waals surface area (Å²) in [6.07, 6.45) is 0.806. The number of hydrogen-bond donors (Lipinski definition) is 2. The molecule has 2 N–H and O–H groups in total. The van der Waals surface area contributed by atoms with Gasteiger partial charge in [0.05, 0.1) is 0 Å². The van der Waals surface area contributed by atoms with Gasteiger partial charge in [0, 0.05) is 36.5 Å². The molecule has 176 valence electrons.